The minimum absolute atomic E-state index is 0.638. The van der Waals surface area contributed by atoms with Gasteiger partial charge in [-0.05, 0) is 30.5 Å². The summed E-state index contributed by atoms with van der Waals surface area (Å²) in [6.45, 7) is 0.638. The van der Waals surface area contributed by atoms with E-state index in [0.29, 0.717) is 12.3 Å². The lowest BCUT2D eigenvalue weighted by Crippen LogP contribution is -2.10. The summed E-state index contributed by atoms with van der Waals surface area (Å²) in [5, 5.41) is 9.02. The normalized spacial score (nSPS) is 12.3. The molecule has 6 heteroatoms. The Hall–Kier alpha value is -3.54. The zero-order chi connectivity index (χ0) is 19.8. The van der Waals surface area contributed by atoms with Gasteiger partial charge in [0.1, 0.15) is 5.69 Å². The molecule has 0 amide bonds. The third-order valence-corrected chi connectivity index (χ3v) is 5.39. The first kappa shape index (κ1) is 17.6. The molecule has 0 spiro atoms. The van der Waals surface area contributed by atoms with Gasteiger partial charge >= 0.3 is 0 Å². The van der Waals surface area contributed by atoms with Gasteiger partial charge in [-0.1, -0.05) is 41.6 Å². The van der Waals surface area contributed by atoms with Crippen LogP contribution in [0.2, 0.25) is 0 Å². The van der Waals surface area contributed by atoms with E-state index in [1.165, 1.54) is 5.69 Å². The van der Waals surface area contributed by atoms with Crippen molar-refractivity contribution in [1.82, 2.24) is 14.9 Å². The van der Waals surface area contributed by atoms with Crippen molar-refractivity contribution in [3.8, 4) is 34.1 Å². The number of nitrogens with zero attached hydrogens (tertiary/aromatic N) is 3. The molecule has 1 aliphatic carbocycles. The van der Waals surface area contributed by atoms with Gasteiger partial charge in [0.05, 0.1) is 38.2 Å². The van der Waals surface area contributed by atoms with Crippen LogP contribution in [0.15, 0.2) is 59.3 Å². The Morgan fingerprint density at radius 2 is 1.83 bits per heavy atom. The summed E-state index contributed by atoms with van der Waals surface area (Å²) in [5.74, 6) is 2.27. The van der Waals surface area contributed by atoms with Gasteiger partial charge in [-0.2, -0.15) is 5.10 Å². The lowest BCUT2D eigenvalue weighted by molar-refractivity contribution is 0.354. The van der Waals surface area contributed by atoms with Crippen molar-refractivity contribution in [2.75, 3.05) is 14.2 Å². The van der Waals surface area contributed by atoms with Crippen molar-refractivity contribution in [2.24, 2.45) is 0 Å². The van der Waals surface area contributed by atoms with Gasteiger partial charge < -0.3 is 14.0 Å². The SMILES string of the molecule is COc1ccc(Cn2nc(-c3ccccc3)c3c2CCc2cnoc2-3)cc1OC. The molecular formula is C23H21N3O3. The van der Waals surface area contributed by atoms with Crippen LogP contribution in [0.25, 0.3) is 22.6 Å². The van der Waals surface area contributed by atoms with Gasteiger partial charge in [-0.25, -0.2) is 0 Å². The number of hydrogen-bond acceptors (Lipinski definition) is 5. The van der Waals surface area contributed by atoms with Gasteiger partial charge in [0.2, 0.25) is 0 Å². The third-order valence-electron chi connectivity index (χ3n) is 5.39. The molecule has 0 saturated carbocycles. The molecular weight excluding hydrogens is 366 g/mol. The van der Waals surface area contributed by atoms with Crippen LogP contribution < -0.4 is 9.47 Å². The lowest BCUT2D eigenvalue weighted by Gasteiger charge is -2.14. The highest BCUT2D eigenvalue weighted by Crippen LogP contribution is 2.40. The molecule has 0 unspecified atom stereocenters. The van der Waals surface area contributed by atoms with Crippen LogP contribution >= 0.6 is 0 Å². The zero-order valence-electron chi connectivity index (χ0n) is 16.4. The van der Waals surface area contributed by atoms with Crippen LogP contribution in [0.1, 0.15) is 16.8 Å². The van der Waals surface area contributed by atoms with E-state index in [0.717, 1.165) is 52.3 Å². The summed E-state index contributed by atoms with van der Waals surface area (Å²) in [6.07, 6.45) is 3.62. The molecule has 1 aliphatic rings. The Bertz CT molecular complexity index is 1160. The van der Waals surface area contributed by atoms with Crippen molar-refractivity contribution in [2.45, 2.75) is 19.4 Å². The van der Waals surface area contributed by atoms with Crippen LogP contribution in [0.4, 0.5) is 0 Å². The van der Waals surface area contributed by atoms with Crippen LogP contribution in [-0.4, -0.2) is 29.2 Å². The lowest BCUT2D eigenvalue weighted by atomic mass is 9.93. The zero-order valence-corrected chi connectivity index (χ0v) is 16.4. The monoisotopic (exact) mass is 387 g/mol. The second-order valence-electron chi connectivity index (χ2n) is 7.06. The molecule has 2 heterocycles. The first-order valence-electron chi connectivity index (χ1n) is 9.58. The minimum atomic E-state index is 0.638. The summed E-state index contributed by atoms with van der Waals surface area (Å²) in [6, 6.07) is 16.2. The topological polar surface area (TPSA) is 62.3 Å². The molecule has 2 aromatic carbocycles. The maximum absolute atomic E-state index is 5.64. The summed E-state index contributed by atoms with van der Waals surface area (Å²) in [5.41, 5.74) is 6.45. The molecule has 5 rings (SSSR count). The Morgan fingerprint density at radius 3 is 2.62 bits per heavy atom. The highest BCUT2D eigenvalue weighted by atomic mass is 16.5. The van der Waals surface area contributed by atoms with E-state index in [-0.39, 0.29) is 0 Å². The average molecular weight is 387 g/mol. The molecule has 0 atom stereocenters. The Balaban J connectivity index is 1.62. The summed E-state index contributed by atoms with van der Waals surface area (Å²) < 4.78 is 18.5. The fourth-order valence-electron chi connectivity index (χ4n) is 3.97. The second-order valence-corrected chi connectivity index (χ2v) is 7.06. The largest absolute Gasteiger partial charge is 0.493 e. The molecule has 6 nitrogen and oxygen atoms in total. The molecule has 4 aromatic rings. The van der Waals surface area contributed by atoms with Gasteiger partial charge in [-0.3, -0.25) is 4.68 Å². The van der Waals surface area contributed by atoms with Gasteiger partial charge in [0, 0.05) is 11.1 Å². The highest BCUT2D eigenvalue weighted by molar-refractivity contribution is 5.82. The molecule has 0 N–H and O–H groups in total. The van der Waals surface area contributed by atoms with Crippen LogP contribution in [-0.2, 0) is 19.4 Å². The summed E-state index contributed by atoms with van der Waals surface area (Å²) in [7, 11) is 3.29. The first-order chi connectivity index (χ1) is 14.3. The first-order valence-corrected chi connectivity index (χ1v) is 9.58. The van der Waals surface area contributed by atoms with E-state index in [1.807, 2.05) is 42.6 Å². The maximum atomic E-state index is 5.64. The van der Waals surface area contributed by atoms with Crippen molar-refractivity contribution in [3.05, 3.63) is 71.5 Å². The highest BCUT2D eigenvalue weighted by Gasteiger charge is 2.29. The summed E-state index contributed by atoms with van der Waals surface area (Å²) in [4.78, 5) is 0. The molecule has 2 aromatic heterocycles. The number of benzene rings is 2. The second kappa shape index (κ2) is 7.13. The van der Waals surface area contributed by atoms with E-state index < -0.39 is 0 Å². The molecule has 29 heavy (non-hydrogen) atoms. The van der Waals surface area contributed by atoms with E-state index >= 15 is 0 Å². The predicted octanol–water partition coefficient (Wildman–Crippen LogP) is 4.37. The Morgan fingerprint density at radius 1 is 1.00 bits per heavy atom. The van der Waals surface area contributed by atoms with Crippen molar-refractivity contribution in [1.29, 1.82) is 0 Å². The quantitative estimate of drug-likeness (QED) is 0.509. The van der Waals surface area contributed by atoms with Crippen LogP contribution in [0.3, 0.4) is 0 Å². The van der Waals surface area contributed by atoms with Crippen molar-refractivity contribution in [3.63, 3.8) is 0 Å². The predicted molar refractivity (Wildman–Crippen MR) is 109 cm³/mol. The number of ether oxygens (including phenoxy) is 2. The van der Waals surface area contributed by atoms with Crippen molar-refractivity contribution < 1.29 is 14.0 Å². The Labute approximate surface area is 168 Å². The number of aromatic nitrogens is 3. The molecule has 0 aliphatic heterocycles. The number of rotatable bonds is 5. The number of hydrogen-bond donors (Lipinski definition) is 0. The smallest absolute Gasteiger partial charge is 0.174 e. The van der Waals surface area contributed by atoms with Gasteiger partial charge in [0.15, 0.2) is 17.3 Å². The van der Waals surface area contributed by atoms with E-state index in [2.05, 4.69) is 22.0 Å². The average Bonchev–Trinajstić information content (AvgIpc) is 3.39. The number of aryl methyl sites for hydroxylation is 1. The standard InChI is InChI=1S/C23H21N3O3/c1-27-19-11-8-15(12-20(19)28-2)14-26-18-10-9-17-13-24-29-23(17)21(18)22(25-26)16-6-4-3-5-7-16/h3-8,11-13H,9-10,14H2,1-2H3. The number of methoxy groups -OCH3 is 2. The van der Waals surface area contributed by atoms with Gasteiger partial charge in [0.25, 0.3) is 0 Å². The summed E-state index contributed by atoms with van der Waals surface area (Å²) >= 11 is 0. The molecule has 146 valence electrons. The van der Waals surface area contributed by atoms with Gasteiger partial charge in [-0.15, -0.1) is 0 Å². The minimum Gasteiger partial charge on any atom is -0.493 e. The number of fused-ring (bicyclic) bond motifs is 3. The van der Waals surface area contributed by atoms with Crippen molar-refractivity contribution >= 4 is 0 Å². The molecule has 0 radical (unpaired) electrons. The van der Waals surface area contributed by atoms with Crippen LogP contribution in [0, 0.1) is 0 Å². The van der Waals surface area contributed by atoms with Crippen LogP contribution in [0.5, 0.6) is 11.5 Å². The van der Waals surface area contributed by atoms with E-state index in [4.69, 9.17) is 19.1 Å². The molecule has 0 saturated heterocycles. The fourth-order valence-corrected chi connectivity index (χ4v) is 3.97. The third kappa shape index (κ3) is 2.97. The van der Waals surface area contributed by atoms with E-state index in [1.54, 1.807) is 14.2 Å². The Kier molecular flexibility index (Phi) is 4.31. The fraction of sp³-hybridized carbons (Fsp3) is 0.217. The maximum Gasteiger partial charge on any atom is 0.174 e. The molecule has 0 bridgehead atoms. The molecule has 0 fully saturated rings. The van der Waals surface area contributed by atoms with E-state index in [9.17, 15) is 0 Å².